The maximum absolute atomic E-state index is 14.1. The Labute approximate surface area is 232 Å². The number of fused-ring (bicyclic) bond motifs is 5. The molecule has 3 fully saturated rings. The van der Waals surface area contributed by atoms with Gasteiger partial charge in [0.15, 0.2) is 0 Å². The zero-order valence-electron chi connectivity index (χ0n) is 23.5. The number of methoxy groups -OCH3 is 1. The largest absolute Gasteiger partial charge is 0.497 e. The van der Waals surface area contributed by atoms with Crippen molar-refractivity contribution < 1.29 is 14.3 Å². The van der Waals surface area contributed by atoms with Crippen LogP contribution >= 0.6 is 0 Å². The predicted octanol–water partition coefficient (Wildman–Crippen LogP) is 6.01. The van der Waals surface area contributed by atoms with Crippen LogP contribution in [-0.4, -0.2) is 25.0 Å². The first kappa shape index (κ1) is 26.2. The second-order valence-electron chi connectivity index (χ2n) is 12.9. The molecular formula is C34H42N2O3. The first-order valence-electron chi connectivity index (χ1n) is 14.8. The third-order valence-electron chi connectivity index (χ3n) is 11.1. The first-order valence-corrected chi connectivity index (χ1v) is 14.8. The highest BCUT2D eigenvalue weighted by atomic mass is 16.5. The van der Waals surface area contributed by atoms with Crippen LogP contribution in [0.2, 0.25) is 0 Å². The lowest BCUT2D eigenvalue weighted by molar-refractivity contribution is -0.134. The Morgan fingerprint density at radius 3 is 2.51 bits per heavy atom. The predicted molar refractivity (Wildman–Crippen MR) is 153 cm³/mol. The number of carbonyl (C=O) groups excluding carboxylic acids is 2. The second kappa shape index (κ2) is 10.1. The van der Waals surface area contributed by atoms with E-state index >= 15 is 0 Å². The fourth-order valence-corrected chi connectivity index (χ4v) is 8.97. The molecule has 3 saturated carbocycles. The summed E-state index contributed by atoms with van der Waals surface area (Å²) in [5.74, 6) is 2.90. The number of amides is 2. The molecule has 3 aliphatic carbocycles. The molecule has 0 bridgehead atoms. The van der Waals surface area contributed by atoms with Gasteiger partial charge < -0.3 is 15.4 Å². The maximum Gasteiger partial charge on any atom is 0.243 e. The van der Waals surface area contributed by atoms with Gasteiger partial charge in [0.2, 0.25) is 11.8 Å². The molecule has 2 aromatic carbocycles. The van der Waals surface area contributed by atoms with Crippen molar-refractivity contribution in [2.75, 3.05) is 7.11 Å². The van der Waals surface area contributed by atoms with Gasteiger partial charge in [0, 0.05) is 17.4 Å². The van der Waals surface area contributed by atoms with E-state index in [4.69, 9.17) is 4.74 Å². The van der Waals surface area contributed by atoms with Crippen LogP contribution in [-0.2, 0) is 16.0 Å². The van der Waals surface area contributed by atoms with Gasteiger partial charge in [-0.25, -0.2) is 0 Å². The van der Waals surface area contributed by atoms with Crippen molar-refractivity contribution in [2.45, 2.75) is 70.9 Å². The Balaban J connectivity index is 1.21. The van der Waals surface area contributed by atoms with Crippen LogP contribution in [0, 0.1) is 34.5 Å². The van der Waals surface area contributed by atoms with Crippen molar-refractivity contribution >= 4 is 11.8 Å². The topological polar surface area (TPSA) is 67.4 Å². The van der Waals surface area contributed by atoms with Gasteiger partial charge in [0.1, 0.15) is 5.75 Å². The number of ether oxygens (including phenoxy) is 1. The van der Waals surface area contributed by atoms with Crippen LogP contribution in [0.5, 0.6) is 5.75 Å². The van der Waals surface area contributed by atoms with Crippen LogP contribution in [0.15, 0.2) is 66.7 Å². The SMILES string of the molecule is COc1ccc(CC(NC(=O)[C@H]2CC[C@H]3[C@@H]4CC[C@H]5NC(=O)C=C[C@]5(C)[C@H]4CC[C@]23C)c2ccccc2)cc1. The minimum atomic E-state index is -0.0728. The van der Waals surface area contributed by atoms with Crippen LogP contribution in [0.25, 0.3) is 0 Å². The molecular weight excluding hydrogens is 484 g/mol. The monoisotopic (exact) mass is 526 g/mol. The van der Waals surface area contributed by atoms with E-state index in [1.165, 1.54) is 5.56 Å². The zero-order chi connectivity index (χ0) is 27.2. The van der Waals surface area contributed by atoms with Gasteiger partial charge in [0.25, 0.3) is 0 Å². The molecule has 4 aliphatic rings. The molecule has 5 heteroatoms. The lowest BCUT2D eigenvalue weighted by Crippen LogP contribution is -2.59. The summed E-state index contributed by atoms with van der Waals surface area (Å²) in [7, 11) is 1.68. The maximum atomic E-state index is 14.1. The summed E-state index contributed by atoms with van der Waals surface area (Å²) in [5, 5.41) is 6.77. The molecule has 206 valence electrons. The van der Waals surface area contributed by atoms with Crippen molar-refractivity contribution in [1.82, 2.24) is 10.6 Å². The Hall–Kier alpha value is -3.08. The lowest BCUT2D eigenvalue weighted by atomic mass is 9.48. The third kappa shape index (κ3) is 4.58. The number of hydrogen-bond acceptors (Lipinski definition) is 3. The Morgan fingerprint density at radius 1 is 1.00 bits per heavy atom. The molecule has 2 N–H and O–H groups in total. The highest BCUT2D eigenvalue weighted by Gasteiger charge is 2.60. The highest BCUT2D eigenvalue weighted by molar-refractivity contribution is 5.89. The van der Waals surface area contributed by atoms with E-state index in [1.54, 1.807) is 13.2 Å². The van der Waals surface area contributed by atoms with E-state index < -0.39 is 0 Å². The molecule has 39 heavy (non-hydrogen) atoms. The molecule has 1 unspecified atom stereocenters. The lowest BCUT2D eigenvalue weighted by Gasteiger charge is -2.58. The van der Waals surface area contributed by atoms with Crippen LogP contribution < -0.4 is 15.4 Å². The fraction of sp³-hybridized carbons (Fsp3) is 0.529. The van der Waals surface area contributed by atoms with Gasteiger partial charge in [-0.2, -0.15) is 0 Å². The van der Waals surface area contributed by atoms with Crippen molar-refractivity contribution in [3.05, 3.63) is 77.9 Å². The Kier molecular flexibility index (Phi) is 6.81. The summed E-state index contributed by atoms with van der Waals surface area (Å²) in [4.78, 5) is 26.1. The number of rotatable bonds is 6. The second-order valence-corrected chi connectivity index (χ2v) is 12.9. The number of carbonyl (C=O) groups is 2. The molecule has 0 radical (unpaired) electrons. The van der Waals surface area contributed by atoms with E-state index in [-0.39, 0.29) is 40.6 Å². The van der Waals surface area contributed by atoms with Gasteiger partial charge in [-0.05, 0) is 97.5 Å². The Bertz CT molecular complexity index is 1240. The summed E-state index contributed by atoms with van der Waals surface area (Å²) < 4.78 is 5.34. The van der Waals surface area contributed by atoms with E-state index in [1.807, 2.05) is 18.2 Å². The molecule has 2 amide bonds. The van der Waals surface area contributed by atoms with Gasteiger partial charge in [0.05, 0.1) is 13.2 Å². The van der Waals surface area contributed by atoms with E-state index in [9.17, 15) is 9.59 Å². The van der Waals surface area contributed by atoms with Crippen molar-refractivity contribution in [2.24, 2.45) is 34.5 Å². The molecule has 6 rings (SSSR count). The average molecular weight is 527 g/mol. The van der Waals surface area contributed by atoms with Crippen LogP contribution in [0.4, 0.5) is 0 Å². The Morgan fingerprint density at radius 2 is 1.77 bits per heavy atom. The summed E-state index contributed by atoms with van der Waals surface area (Å²) in [6.07, 6.45) is 11.2. The number of benzene rings is 2. The quantitative estimate of drug-likeness (QED) is 0.485. The highest BCUT2D eigenvalue weighted by Crippen LogP contribution is 2.65. The molecule has 0 spiro atoms. The van der Waals surface area contributed by atoms with Crippen molar-refractivity contribution in [1.29, 1.82) is 0 Å². The zero-order valence-corrected chi connectivity index (χ0v) is 23.5. The summed E-state index contributed by atoms with van der Waals surface area (Å²) in [5.41, 5.74) is 2.37. The van der Waals surface area contributed by atoms with Crippen LogP contribution in [0.3, 0.4) is 0 Å². The van der Waals surface area contributed by atoms with Gasteiger partial charge >= 0.3 is 0 Å². The van der Waals surface area contributed by atoms with Gasteiger partial charge in [-0.3, -0.25) is 9.59 Å². The normalized spacial score (nSPS) is 35.7. The summed E-state index contributed by atoms with van der Waals surface area (Å²) in [6, 6.07) is 18.7. The number of nitrogens with one attached hydrogen (secondary N) is 2. The van der Waals surface area contributed by atoms with Gasteiger partial charge in [-0.1, -0.05) is 62.4 Å². The molecule has 8 atom stereocenters. The van der Waals surface area contributed by atoms with Crippen LogP contribution in [0.1, 0.15) is 69.5 Å². The number of hydrogen-bond donors (Lipinski definition) is 2. The summed E-state index contributed by atoms with van der Waals surface area (Å²) in [6.45, 7) is 4.76. The van der Waals surface area contributed by atoms with Crippen molar-refractivity contribution in [3.63, 3.8) is 0 Å². The minimum absolute atomic E-state index is 0.0231. The molecule has 0 aromatic heterocycles. The minimum Gasteiger partial charge on any atom is -0.497 e. The summed E-state index contributed by atoms with van der Waals surface area (Å²) >= 11 is 0. The third-order valence-corrected chi connectivity index (χ3v) is 11.1. The standard InChI is InChI=1S/C34H42N2O3/c1-33-19-17-27-25(13-16-30-34(27,2)20-18-31(37)36-30)26(33)14-15-28(33)32(38)35-29(23-7-5-4-6-8-23)21-22-9-11-24(39-3)12-10-22/h4-12,18,20,25-30H,13-17,19,21H2,1-3H3,(H,35,38)(H,36,37)/t25-,26-,27-,28+,29?,30+,33-,34+/m0/s1. The van der Waals surface area contributed by atoms with E-state index in [0.717, 1.165) is 56.3 Å². The smallest absolute Gasteiger partial charge is 0.243 e. The molecule has 2 aromatic rings. The van der Waals surface area contributed by atoms with E-state index in [0.29, 0.717) is 17.8 Å². The molecule has 0 saturated heterocycles. The molecule has 1 aliphatic heterocycles. The average Bonchev–Trinajstić information content (AvgIpc) is 3.31. The fourth-order valence-electron chi connectivity index (χ4n) is 8.97. The first-order chi connectivity index (χ1) is 18.8. The van der Waals surface area contributed by atoms with Gasteiger partial charge in [-0.15, -0.1) is 0 Å². The molecule has 5 nitrogen and oxygen atoms in total. The van der Waals surface area contributed by atoms with Crippen molar-refractivity contribution in [3.8, 4) is 5.75 Å². The van der Waals surface area contributed by atoms with E-state index in [2.05, 4.69) is 67.0 Å². The molecule has 1 heterocycles.